The fourth-order valence-corrected chi connectivity index (χ4v) is 5.23. The molecule has 0 radical (unpaired) electrons. The smallest absolute Gasteiger partial charge is 0.147 e. The molecule has 1 N–H and O–H groups in total. The van der Waals surface area contributed by atoms with Crippen molar-refractivity contribution in [2.75, 3.05) is 36.4 Å². The molecule has 5 rings (SSSR count). The summed E-state index contributed by atoms with van der Waals surface area (Å²) in [6.45, 7) is 5.02. The van der Waals surface area contributed by atoms with Crippen LogP contribution in [0.15, 0.2) is 48.5 Å². The van der Waals surface area contributed by atoms with Crippen LogP contribution in [-0.4, -0.2) is 42.1 Å². The Bertz CT molecular complexity index is 1120. The minimum atomic E-state index is 0.591. The fourth-order valence-electron chi connectivity index (χ4n) is 5.11. The normalized spacial score (nSPS) is 17.6. The number of nitriles is 1. The van der Waals surface area contributed by atoms with Gasteiger partial charge in [-0.25, -0.2) is 4.98 Å². The van der Waals surface area contributed by atoms with E-state index in [-0.39, 0.29) is 0 Å². The van der Waals surface area contributed by atoms with Crippen molar-refractivity contribution < 1.29 is 0 Å². The van der Waals surface area contributed by atoms with Crippen molar-refractivity contribution in [3.63, 3.8) is 0 Å². The van der Waals surface area contributed by atoms with Crippen LogP contribution in [0, 0.1) is 11.3 Å². The molecule has 0 aliphatic carbocycles. The molecule has 2 fully saturated rings. The van der Waals surface area contributed by atoms with Gasteiger partial charge in [-0.15, -0.1) is 0 Å². The number of nitrogens with zero attached hydrogens (tertiary/aromatic N) is 4. The van der Waals surface area contributed by atoms with Crippen LogP contribution in [0.2, 0.25) is 5.02 Å². The van der Waals surface area contributed by atoms with Gasteiger partial charge in [-0.05, 0) is 62.5 Å². The van der Waals surface area contributed by atoms with Crippen molar-refractivity contribution in [3.05, 3.63) is 64.7 Å². The third-order valence-corrected chi connectivity index (χ3v) is 7.04. The number of hydrogen-bond donors (Lipinski definition) is 1. The van der Waals surface area contributed by atoms with Crippen LogP contribution in [0.25, 0.3) is 10.9 Å². The summed E-state index contributed by atoms with van der Waals surface area (Å²) in [6, 6.07) is 19.1. The SMILES string of the molecule is N#Cc1c(NCc2ccc(Cl)cc2)nc2ccccc2c1N1CCC(N2CCCC2)CC1. The van der Waals surface area contributed by atoms with E-state index in [1.54, 1.807) is 0 Å². The van der Waals surface area contributed by atoms with E-state index >= 15 is 0 Å². The average molecular weight is 446 g/mol. The van der Waals surface area contributed by atoms with Gasteiger partial charge < -0.3 is 15.1 Å². The highest BCUT2D eigenvalue weighted by atomic mass is 35.5. The monoisotopic (exact) mass is 445 g/mol. The molecule has 0 amide bonds. The number of pyridine rings is 1. The van der Waals surface area contributed by atoms with Gasteiger partial charge in [0, 0.05) is 36.1 Å². The summed E-state index contributed by atoms with van der Waals surface area (Å²) in [7, 11) is 0. The highest BCUT2D eigenvalue weighted by Crippen LogP contribution is 2.36. The molecular weight excluding hydrogens is 418 g/mol. The molecule has 6 heteroatoms. The largest absolute Gasteiger partial charge is 0.370 e. The highest BCUT2D eigenvalue weighted by Gasteiger charge is 2.29. The number of likely N-dealkylation sites (tertiary alicyclic amines) is 1. The van der Waals surface area contributed by atoms with Crippen molar-refractivity contribution in [3.8, 4) is 6.07 Å². The second-order valence-corrected chi connectivity index (χ2v) is 9.19. The third kappa shape index (κ3) is 4.26. The topological polar surface area (TPSA) is 55.2 Å². The predicted octanol–water partition coefficient (Wildman–Crippen LogP) is 5.44. The molecule has 164 valence electrons. The number of para-hydroxylation sites is 1. The first kappa shape index (κ1) is 21.1. The number of nitrogens with one attached hydrogen (secondary N) is 1. The Morgan fingerprint density at radius 1 is 1.00 bits per heavy atom. The summed E-state index contributed by atoms with van der Waals surface area (Å²) in [5.41, 5.74) is 3.68. The van der Waals surface area contributed by atoms with E-state index in [2.05, 4.69) is 27.3 Å². The number of halogens is 1. The molecule has 2 aliphatic rings. The molecular formula is C26H28ClN5. The lowest BCUT2D eigenvalue weighted by atomic mass is 10.00. The van der Waals surface area contributed by atoms with Gasteiger partial charge in [-0.3, -0.25) is 0 Å². The number of benzene rings is 2. The number of hydrogen-bond acceptors (Lipinski definition) is 5. The minimum Gasteiger partial charge on any atom is -0.370 e. The van der Waals surface area contributed by atoms with Crippen molar-refractivity contribution in [1.29, 1.82) is 5.26 Å². The molecule has 0 spiro atoms. The molecule has 3 heterocycles. The molecule has 2 aliphatic heterocycles. The molecule has 0 saturated carbocycles. The van der Waals surface area contributed by atoms with E-state index < -0.39 is 0 Å². The van der Waals surface area contributed by atoms with Gasteiger partial charge in [0.1, 0.15) is 17.5 Å². The Kier molecular flexibility index (Phi) is 6.16. The van der Waals surface area contributed by atoms with Crippen LogP contribution >= 0.6 is 11.6 Å². The van der Waals surface area contributed by atoms with E-state index in [1.807, 2.05) is 42.5 Å². The third-order valence-electron chi connectivity index (χ3n) is 6.79. The lowest BCUT2D eigenvalue weighted by Gasteiger charge is -2.38. The molecule has 0 bridgehead atoms. The van der Waals surface area contributed by atoms with Crippen molar-refractivity contribution in [2.45, 2.75) is 38.3 Å². The Balaban J connectivity index is 1.44. The second kappa shape index (κ2) is 9.36. The number of piperidine rings is 1. The molecule has 3 aromatic rings. The quantitative estimate of drug-likeness (QED) is 0.567. The standard InChI is InChI=1S/C26H28ClN5/c27-20-9-7-19(8-10-20)18-29-26-23(17-28)25(22-5-1-2-6-24(22)30-26)32-15-11-21(12-16-32)31-13-3-4-14-31/h1-2,5-10,21H,3-4,11-16,18H2,(H,29,30). The number of fused-ring (bicyclic) bond motifs is 1. The fraction of sp³-hybridized carbons (Fsp3) is 0.385. The van der Waals surface area contributed by atoms with Crippen LogP contribution in [0.3, 0.4) is 0 Å². The Labute approximate surface area is 194 Å². The van der Waals surface area contributed by atoms with Crippen molar-refractivity contribution >= 4 is 34.0 Å². The number of anilines is 2. The van der Waals surface area contributed by atoms with Crippen molar-refractivity contribution in [2.24, 2.45) is 0 Å². The van der Waals surface area contributed by atoms with Crippen LogP contribution in [0.1, 0.15) is 36.8 Å². The Morgan fingerprint density at radius 2 is 1.72 bits per heavy atom. The van der Waals surface area contributed by atoms with Gasteiger partial charge in [-0.2, -0.15) is 5.26 Å². The van der Waals surface area contributed by atoms with Gasteiger partial charge in [0.25, 0.3) is 0 Å². The minimum absolute atomic E-state index is 0.591. The average Bonchev–Trinajstić information content (AvgIpc) is 3.38. The van der Waals surface area contributed by atoms with Crippen LogP contribution < -0.4 is 10.2 Å². The zero-order chi connectivity index (χ0) is 21.9. The molecule has 0 atom stereocenters. The zero-order valence-electron chi connectivity index (χ0n) is 18.2. The first-order valence-corrected chi connectivity index (χ1v) is 11.9. The maximum Gasteiger partial charge on any atom is 0.147 e. The van der Waals surface area contributed by atoms with Crippen LogP contribution in [0.4, 0.5) is 11.5 Å². The van der Waals surface area contributed by atoms with Crippen LogP contribution in [0.5, 0.6) is 0 Å². The number of rotatable bonds is 5. The first-order chi connectivity index (χ1) is 15.7. The van der Waals surface area contributed by atoms with Gasteiger partial charge in [0.15, 0.2) is 0 Å². The second-order valence-electron chi connectivity index (χ2n) is 8.75. The lowest BCUT2D eigenvalue weighted by Crippen LogP contribution is -2.44. The maximum atomic E-state index is 10.2. The number of aromatic nitrogens is 1. The van der Waals surface area contributed by atoms with Gasteiger partial charge in [-0.1, -0.05) is 41.9 Å². The lowest BCUT2D eigenvalue weighted by molar-refractivity contribution is 0.208. The van der Waals surface area contributed by atoms with Gasteiger partial charge >= 0.3 is 0 Å². The Morgan fingerprint density at radius 3 is 2.44 bits per heavy atom. The molecule has 5 nitrogen and oxygen atoms in total. The molecule has 0 unspecified atom stereocenters. The summed E-state index contributed by atoms with van der Waals surface area (Å²) in [6.07, 6.45) is 4.96. The van der Waals surface area contributed by atoms with E-state index in [0.29, 0.717) is 24.0 Å². The van der Waals surface area contributed by atoms with E-state index in [0.717, 1.165) is 53.1 Å². The molecule has 2 saturated heterocycles. The summed E-state index contributed by atoms with van der Waals surface area (Å²) in [5.74, 6) is 0.651. The van der Waals surface area contributed by atoms with E-state index in [9.17, 15) is 5.26 Å². The molecule has 32 heavy (non-hydrogen) atoms. The highest BCUT2D eigenvalue weighted by molar-refractivity contribution is 6.30. The summed E-state index contributed by atoms with van der Waals surface area (Å²) >= 11 is 6.02. The zero-order valence-corrected chi connectivity index (χ0v) is 19.0. The first-order valence-electron chi connectivity index (χ1n) is 11.5. The van der Waals surface area contributed by atoms with Gasteiger partial charge in [0.05, 0.1) is 11.2 Å². The Hall–Kier alpha value is -2.81. The van der Waals surface area contributed by atoms with Gasteiger partial charge in [0.2, 0.25) is 0 Å². The predicted molar refractivity (Wildman–Crippen MR) is 131 cm³/mol. The van der Waals surface area contributed by atoms with E-state index in [1.165, 1.54) is 25.9 Å². The summed E-state index contributed by atoms with van der Waals surface area (Å²) < 4.78 is 0. The molecule has 1 aromatic heterocycles. The molecule has 2 aromatic carbocycles. The summed E-state index contributed by atoms with van der Waals surface area (Å²) in [5, 5.41) is 15.4. The maximum absolute atomic E-state index is 10.2. The van der Waals surface area contributed by atoms with Crippen molar-refractivity contribution in [1.82, 2.24) is 9.88 Å². The van der Waals surface area contributed by atoms with E-state index in [4.69, 9.17) is 16.6 Å². The summed E-state index contributed by atoms with van der Waals surface area (Å²) in [4.78, 5) is 9.88. The van der Waals surface area contributed by atoms with Crippen LogP contribution in [-0.2, 0) is 6.54 Å².